The summed E-state index contributed by atoms with van der Waals surface area (Å²) in [6.45, 7) is 2.50. The van der Waals surface area contributed by atoms with Gasteiger partial charge in [-0.15, -0.1) is 0 Å². The molecule has 0 aliphatic carbocycles. The van der Waals surface area contributed by atoms with E-state index in [1.54, 1.807) is 0 Å². The normalized spacial score (nSPS) is 24.8. The maximum Gasteiger partial charge on any atom is 0.227 e. The third kappa shape index (κ3) is 2.96. The summed E-state index contributed by atoms with van der Waals surface area (Å²) in [6.07, 6.45) is 4.28. The van der Waals surface area contributed by atoms with Crippen LogP contribution in [0.4, 0.5) is 0 Å². The Morgan fingerprint density at radius 1 is 1.35 bits per heavy atom. The minimum Gasteiger partial charge on any atom is -0.493 e. The van der Waals surface area contributed by atoms with Crippen molar-refractivity contribution in [2.45, 2.75) is 37.6 Å². The van der Waals surface area contributed by atoms with E-state index in [-0.39, 0.29) is 11.8 Å². The Balaban J connectivity index is 1.55. The van der Waals surface area contributed by atoms with Gasteiger partial charge in [0.05, 0.1) is 12.5 Å². The van der Waals surface area contributed by atoms with Crippen molar-refractivity contribution in [3.8, 4) is 5.75 Å². The molecule has 2 aliphatic heterocycles. The summed E-state index contributed by atoms with van der Waals surface area (Å²) in [5.41, 5.74) is 1.02. The number of fused-ring (bicyclic) bond motifs is 1. The van der Waals surface area contributed by atoms with Crippen LogP contribution in [0, 0.1) is 0 Å². The van der Waals surface area contributed by atoms with Gasteiger partial charge in [0.25, 0.3) is 0 Å². The summed E-state index contributed by atoms with van der Waals surface area (Å²) in [7, 11) is 0. The van der Waals surface area contributed by atoms with Crippen LogP contribution in [0.5, 0.6) is 5.75 Å². The Morgan fingerprint density at radius 3 is 3.10 bits per heavy atom. The number of carbonyl (C=O) groups excluding carboxylic acids is 1. The molecule has 1 amide bonds. The average molecular weight is 274 g/mol. The van der Waals surface area contributed by atoms with Gasteiger partial charge in [0.1, 0.15) is 5.75 Å². The van der Waals surface area contributed by atoms with Crippen molar-refractivity contribution in [2.24, 2.45) is 0 Å². The molecule has 20 heavy (non-hydrogen) atoms. The van der Waals surface area contributed by atoms with Crippen LogP contribution < -0.4 is 15.4 Å². The second kappa shape index (κ2) is 6.27. The molecule has 3 rings (SSSR count). The lowest BCUT2D eigenvalue weighted by atomic mass is 9.92. The smallest absolute Gasteiger partial charge is 0.227 e. The van der Waals surface area contributed by atoms with Crippen molar-refractivity contribution in [1.82, 2.24) is 10.6 Å². The molecule has 0 radical (unpaired) electrons. The van der Waals surface area contributed by atoms with E-state index in [1.165, 1.54) is 12.8 Å². The Hall–Kier alpha value is -1.55. The quantitative estimate of drug-likeness (QED) is 0.880. The van der Waals surface area contributed by atoms with E-state index in [0.717, 1.165) is 37.2 Å². The number of carbonyl (C=O) groups is 1. The molecule has 4 heteroatoms. The molecular formula is C16H22N2O2. The molecule has 108 valence electrons. The third-order valence-electron chi connectivity index (χ3n) is 4.23. The van der Waals surface area contributed by atoms with E-state index in [1.807, 2.05) is 24.3 Å². The van der Waals surface area contributed by atoms with Crippen molar-refractivity contribution in [3.63, 3.8) is 0 Å². The third-order valence-corrected chi connectivity index (χ3v) is 4.23. The Labute approximate surface area is 119 Å². The van der Waals surface area contributed by atoms with Crippen molar-refractivity contribution >= 4 is 5.91 Å². The fraction of sp³-hybridized carbons (Fsp3) is 0.562. The minimum absolute atomic E-state index is 0.0588. The molecule has 1 aromatic carbocycles. The molecule has 2 unspecified atom stereocenters. The maximum absolute atomic E-state index is 12.3. The van der Waals surface area contributed by atoms with Gasteiger partial charge in [0.15, 0.2) is 0 Å². The zero-order valence-corrected chi connectivity index (χ0v) is 11.7. The second-order valence-electron chi connectivity index (χ2n) is 5.60. The molecule has 1 fully saturated rings. The summed E-state index contributed by atoms with van der Waals surface area (Å²) in [5.74, 6) is 0.937. The van der Waals surface area contributed by atoms with Crippen LogP contribution in [-0.4, -0.2) is 31.6 Å². The summed E-state index contributed by atoms with van der Waals surface area (Å²) in [5, 5.41) is 6.54. The van der Waals surface area contributed by atoms with Gasteiger partial charge in [-0.05, 0) is 38.3 Å². The lowest BCUT2D eigenvalue weighted by molar-refractivity contribution is -0.123. The number of amides is 1. The van der Waals surface area contributed by atoms with E-state index in [9.17, 15) is 4.79 Å². The monoisotopic (exact) mass is 274 g/mol. The van der Waals surface area contributed by atoms with E-state index < -0.39 is 0 Å². The lowest BCUT2D eigenvalue weighted by Gasteiger charge is -2.25. The number of nitrogens with one attached hydrogen (secondary N) is 2. The SMILES string of the molecule is O=C(NCCC1CCCN1)C1CCOc2ccccc21. The number of ether oxygens (including phenoxy) is 1. The molecule has 0 saturated carbocycles. The van der Waals surface area contributed by atoms with Crippen molar-refractivity contribution in [2.75, 3.05) is 19.7 Å². The van der Waals surface area contributed by atoms with Gasteiger partial charge in [-0.2, -0.15) is 0 Å². The van der Waals surface area contributed by atoms with Crippen LogP contribution in [-0.2, 0) is 4.79 Å². The summed E-state index contributed by atoms with van der Waals surface area (Å²) in [4.78, 5) is 12.3. The molecule has 1 aromatic rings. The highest BCUT2D eigenvalue weighted by atomic mass is 16.5. The zero-order chi connectivity index (χ0) is 13.8. The first-order valence-corrected chi connectivity index (χ1v) is 7.57. The number of hydrogen-bond acceptors (Lipinski definition) is 3. The molecule has 2 aliphatic rings. The first-order valence-electron chi connectivity index (χ1n) is 7.57. The standard InChI is InChI=1S/C16H22N2O2/c19-16(18-10-7-12-4-3-9-17-12)14-8-11-20-15-6-2-1-5-13(14)15/h1-2,5-6,12,14,17H,3-4,7-11H2,(H,18,19). The second-order valence-corrected chi connectivity index (χ2v) is 5.60. The topological polar surface area (TPSA) is 50.4 Å². The van der Waals surface area contributed by atoms with Crippen LogP contribution in [0.15, 0.2) is 24.3 Å². The molecule has 1 saturated heterocycles. The molecule has 4 nitrogen and oxygen atoms in total. The number of benzene rings is 1. The number of hydrogen-bond donors (Lipinski definition) is 2. The Morgan fingerprint density at radius 2 is 2.25 bits per heavy atom. The fourth-order valence-electron chi connectivity index (χ4n) is 3.11. The van der Waals surface area contributed by atoms with Gasteiger partial charge >= 0.3 is 0 Å². The minimum atomic E-state index is -0.0588. The Bertz CT molecular complexity index is 469. The van der Waals surface area contributed by atoms with E-state index in [2.05, 4.69) is 10.6 Å². The van der Waals surface area contributed by atoms with Crippen LogP contribution in [0.1, 0.15) is 37.2 Å². The van der Waals surface area contributed by atoms with Gasteiger partial charge in [-0.3, -0.25) is 4.79 Å². The highest BCUT2D eigenvalue weighted by Crippen LogP contribution is 2.33. The van der Waals surface area contributed by atoms with Crippen molar-refractivity contribution < 1.29 is 9.53 Å². The average Bonchev–Trinajstić information content (AvgIpc) is 3.00. The molecule has 0 bridgehead atoms. The molecular weight excluding hydrogens is 252 g/mol. The van der Waals surface area contributed by atoms with Gasteiger partial charge in [-0.1, -0.05) is 18.2 Å². The summed E-state index contributed by atoms with van der Waals surface area (Å²) in [6, 6.07) is 8.44. The molecule has 2 heterocycles. The van der Waals surface area contributed by atoms with Crippen LogP contribution in [0.25, 0.3) is 0 Å². The van der Waals surface area contributed by atoms with Gasteiger partial charge in [0, 0.05) is 18.2 Å². The molecule has 2 atom stereocenters. The largest absolute Gasteiger partial charge is 0.493 e. The fourth-order valence-corrected chi connectivity index (χ4v) is 3.11. The highest BCUT2D eigenvalue weighted by Gasteiger charge is 2.27. The van der Waals surface area contributed by atoms with Gasteiger partial charge in [-0.25, -0.2) is 0 Å². The van der Waals surface area contributed by atoms with Crippen molar-refractivity contribution in [1.29, 1.82) is 0 Å². The number of rotatable bonds is 4. The predicted octanol–water partition coefficient (Wildman–Crippen LogP) is 1.81. The van der Waals surface area contributed by atoms with Crippen molar-refractivity contribution in [3.05, 3.63) is 29.8 Å². The lowest BCUT2D eigenvalue weighted by Crippen LogP contribution is -2.35. The van der Waals surface area contributed by atoms with Crippen LogP contribution in [0.3, 0.4) is 0 Å². The highest BCUT2D eigenvalue weighted by molar-refractivity contribution is 5.84. The molecule has 0 spiro atoms. The van der Waals surface area contributed by atoms with Gasteiger partial charge < -0.3 is 15.4 Å². The summed E-state index contributed by atoms with van der Waals surface area (Å²) < 4.78 is 5.60. The molecule has 0 aromatic heterocycles. The van der Waals surface area contributed by atoms with Crippen LogP contribution in [0.2, 0.25) is 0 Å². The molecule has 2 N–H and O–H groups in total. The predicted molar refractivity (Wildman–Crippen MR) is 77.9 cm³/mol. The van der Waals surface area contributed by atoms with Crippen LogP contribution >= 0.6 is 0 Å². The first kappa shape index (κ1) is 13.4. The van der Waals surface area contributed by atoms with Gasteiger partial charge in [0.2, 0.25) is 5.91 Å². The number of para-hydroxylation sites is 1. The summed E-state index contributed by atoms with van der Waals surface area (Å²) >= 11 is 0. The van der Waals surface area contributed by atoms with E-state index in [4.69, 9.17) is 4.74 Å². The maximum atomic E-state index is 12.3. The van der Waals surface area contributed by atoms with E-state index in [0.29, 0.717) is 12.6 Å². The van der Waals surface area contributed by atoms with E-state index >= 15 is 0 Å². The Kier molecular flexibility index (Phi) is 4.21. The first-order chi connectivity index (χ1) is 9.84. The zero-order valence-electron chi connectivity index (χ0n) is 11.7.